The molecule has 0 saturated heterocycles. The lowest BCUT2D eigenvalue weighted by atomic mass is 10.0. The van der Waals surface area contributed by atoms with Crippen LogP contribution in [0.15, 0.2) is 186 Å². The van der Waals surface area contributed by atoms with Gasteiger partial charge in [0.15, 0.2) is 17.5 Å². The number of fused-ring (bicyclic) bond motifs is 9. The second-order valence-electron chi connectivity index (χ2n) is 14.4. The predicted molar refractivity (Wildman–Crippen MR) is 236 cm³/mol. The lowest BCUT2D eigenvalue weighted by Gasteiger charge is -2.09. The Labute approximate surface area is 330 Å². The van der Waals surface area contributed by atoms with E-state index in [9.17, 15) is 0 Å². The van der Waals surface area contributed by atoms with E-state index in [1.807, 2.05) is 60.7 Å². The van der Waals surface area contributed by atoms with Crippen molar-refractivity contribution in [1.82, 2.24) is 19.5 Å². The fourth-order valence-electron chi connectivity index (χ4n) is 8.37. The SMILES string of the molecule is c1ccc(-c2nc(-c3ccccc3)nc(-c3cccc4c3sc3cc(-c5ccc6c(c5)oc5cc(-n7c8ccccc8c8ccccc87)ccc56)ccc34)n2)cc1. The molecule has 0 N–H and O–H groups in total. The van der Waals surface area contributed by atoms with Gasteiger partial charge >= 0.3 is 0 Å². The number of furan rings is 1. The molecule has 0 aliphatic rings. The first-order valence-corrected chi connectivity index (χ1v) is 19.8. The summed E-state index contributed by atoms with van der Waals surface area (Å²) in [7, 11) is 0. The fraction of sp³-hybridized carbons (Fsp3) is 0. The van der Waals surface area contributed by atoms with E-state index in [2.05, 4.69) is 126 Å². The van der Waals surface area contributed by atoms with Gasteiger partial charge in [0.1, 0.15) is 11.2 Å². The lowest BCUT2D eigenvalue weighted by Crippen LogP contribution is -2.00. The van der Waals surface area contributed by atoms with Crippen LogP contribution in [0, 0.1) is 0 Å². The quantitative estimate of drug-likeness (QED) is 0.176. The molecule has 0 unspecified atom stereocenters. The third-order valence-corrected chi connectivity index (χ3v) is 12.3. The maximum Gasteiger partial charge on any atom is 0.165 e. The fourth-order valence-corrected chi connectivity index (χ4v) is 9.62. The molecule has 6 heteroatoms. The molecule has 8 aromatic carbocycles. The average molecular weight is 747 g/mol. The van der Waals surface area contributed by atoms with Crippen LogP contribution in [0.4, 0.5) is 0 Å². The van der Waals surface area contributed by atoms with Gasteiger partial charge in [-0.05, 0) is 59.7 Å². The van der Waals surface area contributed by atoms with Crippen molar-refractivity contribution in [2.75, 3.05) is 0 Å². The Morgan fingerprint density at radius 1 is 0.386 bits per heavy atom. The van der Waals surface area contributed by atoms with Gasteiger partial charge in [-0.1, -0.05) is 127 Å². The van der Waals surface area contributed by atoms with Crippen molar-refractivity contribution < 1.29 is 4.42 Å². The van der Waals surface area contributed by atoms with E-state index in [0.29, 0.717) is 17.5 Å². The average Bonchev–Trinajstić information content (AvgIpc) is 3.95. The van der Waals surface area contributed by atoms with Gasteiger partial charge < -0.3 is 8.98 Å². The highest BCUT2D eigenvalue weighted by molar-refractivity contribution is 7.26. The number of thiophene rings is 1. The summed E-state index contributed by atoms with van der Waals surface area (Å²) in [4.78, 5) is 15.0. The van der Waals surface area contributed by atoms with Crippen LogP contribution in [-0.4, -0.2) is 19.5 Å². The molecular weight excluding hydrogens is 717 g/mol. The van der Waals surface area contributed by atoms with Crippen LogP contribution in [0.1, 0.15) is 0 Å². The Kier molecular flexibility index (Phi) is 7.03. The minimum atomic E-state index is 0.656. The van der Waals surface area contributed by atoms with Gasteiger partial charge in [-0.15, -0.1) is 11.3 Å². The number of hydrogen-bond acceptors (Lipinski definition) is 5. The van der Waals surface area contributed by atoms with Crippen molar-refractivity contribution in [3.8, 4) is 51.0 Å². The summed E-state index contributed by atoms with van der Waals surface area (Å²) >= 11 is 1.78. The summed E-state index contributed by atoms with van der Waals surface area (Å²) in [5.41, 5.74) is 10.4. The first-order chi connectivity index (χ1) is 28.2. The van der Waals surface area contributed by atoms with Crippen molar-refractivity contribution in [3.63, 3.8) is 0 Å². The molecule has 4 aromatic heterocycles. The number of rotatable bonds is 5. The number of benzene rings is 8. The van der Waals surface area contributed by atoms with Crippen molar-refractivity contribution in [2.45, 2.75) is 0 Å². The monoisotopic (exact) mass is 746 g/mol. The molecule has 0 aliphatic carbocycles. The van der Waals surface area contributed by atoms with Crippen molar-refractivity contribution in [3.05, 3.63) is 182 Å². The van der Waals surface area contributed by atoms with Crippen LogP contribution in [0.25, 0.3) is 115 Å². The molecule has 12 aromatic rings. The minimum Gasteiger partial charge on any atom is -0.456 e. The smallest absolute Gasteiger partial charge is 0.165 e. The third-order valence-electron chi connectivity index (χ3n) is 11.1. The molecule has 0 spiro atoms. The topological polar surface area (TPSA) is 56.7 Å². The molecule has 5 nitrogen and oxygen atoms in total. The molecule has 0 fully saturated rings. The molecule has 4 heterocycles. The maximum atomic E-state index is 6.63. The summed E-state index contributed by atoms with van der Waals surface area (Å²) in [5, 5.41) is 7.11. The number of hydrogen-bond donors (Lipinski definition) is 0. The van der Waals surface area contributed by atoms with Gasteiger partial charge in [0, 0.05) is 70.2 Å². The third kappa shape index (κ3) is 5.12. The zero-order valence-electron chi connectivity index (χ0n) is 30.4. The second-order valence-corrected chi connectivity index (χ2v) is 15.4. The van der Waals surface area contributed by atoms with Crippen molar-refractivity contribution in [2.24, 2.45) is 0 Å². The van der Waals surface area contributed by atoms with E-state index in [0.717, 1.165) is 60.1 Å². The van der Waals surface area contributed by atoms with E-state index in [1.54, 1.807) is 11.3 Å². The minimum absolute atomic E-state index is 0.656. The highest BCUT2D eigenvalue weighted by Gasteiger charge is 2.18. The molecule has 12 rings (SSSR count). The van der Waals surface area contributed by atoms with Gasteiger partial charge in [0.2, 0.25) is 0 Å². The van der Waals surface area contributed by atoms with E-state index in [-0.39, 0.29) is 0 Å². The standard InChI is InChI=1S/C51H30N4OS/c1-3-12-31(13-4-1)49-52-50(32-14-5-2-6-15-32)54-51(53-49)42-19-11-18-41-40-26-23-34(29-47(40)57-48(41)42)33-22-25-38-39-27-24-35(30-46(39)56-45(38)28-33)55-43-20-9-7-16-36(43)37-17-8-10-21-44(37)55/h1-30H. The van der Waals surface area contributed by atoms with Crippen LogP contribution in [0.5, 0.6) is 0 Å². The van der Waals surface area contributed by atoms with Crippen LogP contribution in [0.3, 0.4) is 0 Å². The summed E-state index contributed by atoms with van der Waals surface area (Å²) in [6.07, 6.45) is 0. The van der Waals surface area contributed by atoms with Crippen molar-refractivity contribution >= 4 is 75.3 Å². The Morgan fingerprint density at radius 3 is 1.61 bits per heavy atom. The zero-order valence-corrected chi connectivity index (χ0v) is 31.2. The molecule has 57 heavy (non-hydrogen) atoms. The molecule has 0 saturated carbocycles. The zero-order chi connectivity index (χ0) is 37.5. The Bertz CT molecular complexity index is 3420. The Morgan fingerprint density at radius 2 is 0.930 bits per heavy atom. The summed E-state index contributed by atoms with van der Waals surface area (Å²) in [5.74, 6) is 1.98. The summed E-state index contributed by atoms with van der Waals surface area (Å²) in [6, 6.07) is 63.8. The molecule has 0 aliphatic heterocycles. The highest BCUT2D eigenvalue weighted by Crippen LogP contribution is 2.42. The van der Waals surface area contributed by atoms with E-state index in [1.165, 1.54) is 37.3 Å². The molecule has 0 amide bonds. The lowest BCUT2D eigenvalue weighted by molar-refractivity contribution is 0.669. The molecular formula is C51H30N4OS. The van der Waals surface area contributed by atoms with Crippen molar-refractivity contribution in [1.29, 1.82) is 0 Å². The Hall–Kier alpha value is -7.41. The van der Waals surface area contributed by atoms with Gasteiger partial charge in [0.05, 0.1) is 11.0 Å². The van der Waals surface area contributed by atoms with Crippen LogP contribution < -0.4 is 0 Å². The molecule has 0 atom stereocenters. The normalized spacial score (nSPS) is 11.9. The first kappa shape index (κ1) is 31.9. The largest absolute Gasteiger partial charge is 0.456 e. The van der Waals surface area contributed by atoms with Crippen LogP contribution in [0.2, 0.25) is 0 Å². The first-order valence-electron chi connectivity index (χ1n) is 19.0. The summed E-state index contributed by atoms with van der Waals surface area (Å²) in [6.45, 7) is 0. The molecule has 0 bridgehead atoms. The Balaban J connectivity index is 0.950. The number of para-hydroxylation sites is 2. The molecule has 0 radical (unpaired) electrons. The second kappa shape index (κ2) is 12.6. The van der Waals surface area contributed by atoms with E-state index in [4.69, 9.17) is 19.4 Å². The maximum absolute atomic E-state index is 6.63. The number of aromatic nitrogens is 4. The van der Waals surface area contributed by atoms with Crippen LogP contribution in [-0.2, 0) is 0 Å². The van der Waals surface area contributed by atoms with E-state index >= 15 is 0 Å². The predicted octanol–water partition coefficient (Wildman–Crippen LogP) is 13.9. The van der Waals surface area contributed by atoms with Gasteiger partial charge in [0.25, 0.3) is 0 Å². The summed E-state index contributed by atoms with van der Waals surface area (Å²) < 4.78 is 11.3. The number of nitrogens with zero attached hydrogens (tertiary/aromatic N) is 4. The highest BCUT2D eigenvalue weighted by atomic mass is 32.1. The van der Waals surface area contributed by atoms with Gasteiger partial charge in [-0.25, -0.2) is 15.0 Å². The molecule has 266 valence electrons. The van der Waals surface area contributed by atoms with E-state index < -0.39 is 0 Å². The van der Waals surface area contributed by atoms with Crippen LogP contribution >= 0.6 is 11.3 Å². The van der Waals surface area contributed by atoms with Gasteiger partial charge in [-0.2, -0.15) is 0 Å². The van der Waals surface area contributed by atoms with Gasteiger partial charge in [-0.3, -0.25) is 0 Å².